The smallest absolute Gasteiger partial charge is 0.0156 e. The molecule has 0 saturated heterocycles. The van der Waals surface area contributed by atoms with Crippen molar-refractivity contribution in [2.75, 3.05) is 6.54 Å². The molecule has 0 aromatic carbocycles. The Labute approximate surface area is 97.9 Å². The summed E-state index contributed by atoms with van der Waals surface area (Å²) < 4.78 is 0. The lowest BCUT2D eigenvalue weighted by Gasteiger charge is -2.31. The number of thiophene rings is 1. The minimum absolute atomic E-state index is 0.330. The maximum Gasteiger partial charge on any atom is 0.0156 e. The molecule has 0 radical (unpaired) electrons. The minimum Gasteiger partial charge on any atom is -0.313 e. The first-order chi connectivity index (χ1) is 7.04. The van der Waals surface area contributed by atoms with E-state index in [1.165, 1.54) is 12.0 Å². The molecule has 0 saturated carbocycles. The summed E-state index contributed by atoms with van der Waals surface area (Å²) in [5, 5.41) is 8.07. The molecule has 0 spiro atoms. The predicted octanol–water partition coefficient (Wildman–Crippen LogP) is 3.70. The van der Waals surface area contributed by atoms with Crippen LogP contribution >= 0.6 is 11.3 Å². The van der Waals surface area contributed by atoms with Gasteiger partial charge in [0.2, 0.25) is 0 Å². The molecule has 0 aliphatic carbocycles. The Bertz CT molecular complexity index is 259. The largest absolute Gasteiger partial charge is 0.313 e. The van der Waals surface area contributed by atoms with Gasteiger partial charge in [0, 0.05) is 6.04 Å². The molecule has 15 heavy (non-hydrogen) atoms. The zero-order valence-electron chi connectivity index (χ0n) is 10.3. The fraction of sp³-hybridized carbons (Fsp3) is 0.692. The van der Waals surface area contributed by atoms with Crippen LogP contribution in [0.1, 0.15) is 39.7 Å². The zero-order valence-corrected chi connectivity index (χ0v) is 11.2. The highest BCUT2D eigenvalue weighted by atomic mass is 32.1. The minimum atomic E-state index is 0.330. The fourth-order valence-corrected chi connectivity index (χ4v) is 2.33. The third-order valence-electron chi connectivity index (χ3n) is 2.71. The van der Waals surface area contributed by atoms with Gasteiger partial charge in [-0.15, -0.1) is 0 Å². The van der Waals surface area contributed by atoms with Crippen LogP contribution in [-0.4, -0.2) is 12.6 Å². The van der Waals surface area contributed by atoms with Gasteiger partial charge in [0.05, 0.1) is 0 Å². The van der Waals surface area contributed by atoms with Crippen molar-refractivity contribution in [2.24, 2.45) is 5.41 Å². The molecule has 1 N–H and O–H groups in total. The molecule has 1 unspecified atom stereocenters. The van der Waals surface area contributed by atoms with Gasteiger partial charge >= 0.3 is 0 Å². The van der Waals surface area contributed by atoms with Crippen molar-refractivity contribution in [1.82, 2.24) is 5.32 Å². The molecule has 0 aliphatic rings. The van der Waals surface area contributed by atoms with Crippen molar-refractivity contribution in [3.8, 4) is 0 Å². The highest BCUT2D eigenvalue weighted by Crippen LogP contribution is 2.23. The Kier molecular flexibility index (Phi) is 4.81. The molecule has 1 atom stereocenters. The zero-order chi connectivity index (χ0) is 11.3. The lowest BCUT2D eigenvalue weighted by atomic mass is 9.83. The van der Waals surface area contributed by atoms with Crippen LogP contribution in [-0.2, 0) is 6.42 Å². The first-order valence-electron chi connectivity index (χ1n) is 5.78. The third kappa shape index (κ3) is 4.35. The van der Waals surface area contributed by atoms with E-state index >= 15 is 0 Å². The van der Waals surface area contributed by atoms with E-state index in [2.05, 4.69) is 49.8 Å². The Hall–Kier alpha value is -0.340. The lowest BCUT2D eigenvalue weighted by Crippen LogP contribution is -2.42. The van der Waals surface area contributed by atoms with Crippen LogP contribution < -0.4 is 5.32 Å². The van der Waals surface area contributed by atoms with E-state index in [4.69, 9.17) is 0 Å². The summed E-state index contributed by atoms with van der Waals surface area (Å²) in [6.45, 7) is 10.3. The number of hydrogen-bond acceptors (Lipinski definition) is 2. The van der Waals surface area contributed by atoms with Gasteiger partial charge in [-0.3, -0.25) is 0 Å². The van der Waals surface area contributed by atoms with Crippen LogP contribution in [0.25, 0.3) is 0 Å². The molecule has 0 aliphatic heterocycles. The highest BCUT2D eigenvalue weighted by molar-refractivity contribution is 7.07. The Morgan fingerprint density at radius 1 is 1.40 bits per heavy atom. The SMILES string of the molecule is CCCNC(Cc1ccsc1)C(C)(C)C. The normalized spacial score (nSPS) is 14.1. The summed E-state index contributed by atoms with van der Waals surface area (Å²) in [7, 11) is 0. The summed E-state index contributed by atoms with van der Waals surface area (Å²) in [6, 6.07) is 2.81. The van der Waals surface area contributed by atoms with Gasteiger partial charge in [0.15, 0.2) is 0 Å². The Morgan fingerprint density at radius 3 is 2.60 bits per heavy atom. The van der Waals surface area contributed by atoms with Crippen LogP contribution in [0, 0.1) is 5.41 Å². The second kappa shape index (κ2) is 5.66. The molecule has 1 aromatic rings. The summed E-state index contributed by atoms with van der Waals surface area (Å²) in [5.74, 6) is 0. The number of nitrogens with one attached hydrogen (secondary N) is 1. The second-order valence-electron chi connectivity index (χ2n) is 5.21. The van der Waals surface area contributed by atoms with Gasteiger partial charge in [-0.2, -0.15) is 11.3 Å². The van der Waals surface area contributed by atoms with Gasteiger partial charge < -0.3 is 5.32 Å². The van der Waals surface area contributed by atoms with Crippen molar-refractivity contribution >= 4 is 11.3 Å². The van der Waals surface area contributed by atoms with Crippen molar-refractivity contribution in [3.63, 3.8) is 0 Å². The summed E-state index contributed by atoms with van der Waals surface area (Å²) in [6.07, 6.45) is 2.35. The Balaban J connectivity index is 2.57. The van der Waals surface area contributed by atoms with Gasteiger partial charge in [0.1, 0.15) is 0 Å². The maximum atomic E-state index is 3.65. The molecular formula is C13H23NS. The average molecular weight is 225 g/mol. The van der Waals surface area contributed by atoms with E-state index in [1.54, 1.807) is 11.3 Å². The summed E-state index contributed by atoms with van der Waals surface area (Å²) in [4.78, 5) is 0. The highest BCUT2D eigenvalue weighted by Gasteiger charge is 2.23. The molecule has 1 heterocycles. The van der Waals surface area contributed by atoms with Gasteiger partial charge in [0.25, 0.3) is 0 Å². The lowest BCUT2D eigenvalue weighted by molar-refractivity contribution is 0.267. The van der Waals surface area contributed by atoms with Crippen LogP contribution in [0.3, 0.4) is 0 Å². The van der Waals surface area contributed by atoms with E-state index in [0.717, 1.165) is 13.0 Å². The molecule has 86 valence electrons. The van der Waals surface area contributed by atoms with E-state index in [9.17, 15) is 0 Å². The summed E-state index contributed by atoms with van der Waals surface area (Å²) >= 11 is 1.79. The quantitative estimate of drug-likeness (QED) is 0.805. The molecule has 1 aromatic heterocycles. The van der Waals surface area contributed by atoms with Gasteiger partial charge in [-0.25, -0.2) is 0 Å². The Morgan fingerprint density at radius 2 is 2.13 bits per heavy atom. The fourth-order valence-electron chi connectivity index (χ4n) is 1.65. The van der Waals surface area contributed by atoms with Crippen molar-refractivity contribution < 1.29 is 0 Å². The van der Waals surface area contributed by atoms with E-state index in [-0.39, 0.29) is 0 Å². The number of hydrogen-bond donors (Lipinski definition) is 1. The second-order valence-corrected chi connectivity index (χ2v) is 5.99. The third-order valence-corrected chi connectivity index (χ3v) is 3.44. The monoisotopic (exact) mass is 225 g/mol. The first kappa shape index (κ1) is 12.7. The van der Waals surface area contributed by atoms with E-state index < -0.39 is 0 Å². The van der Waals surface area contributed by atoms with Crippen LogP contribution in [0.5, 0.6) is 0 Å². The van der Waals surface area contributed by atoms with Crippen LogP contribution in [0.15, 0.2) is 16.8 Å². The van der Waals surface area contributed by atoms with Crippen molar-refractivity contribution in [3.05, 3.63) is 22.4 Å². The average Bonchev–Trinajstić information content (AvgIpc) is 2.62. The molecule has 1 nitrogen and oxygen atoms in total. The van der Waals surface area contributed by atoms with Gasteiger partial charge in [-0.1, -0.05) is 27.7 Å². The van der Waals surface area contributed by atoms with Crippen molar-refractivity contribution in [1.29, 1.82) is 0 Å². The molecule has 2 heteroatoms. The number of rotatable bonds is 5. The topological polar surface area (TPSA) is 12.0 Å². The molecule has 1 rings (SSSR count). The molecule has 0 bridgehead atoms. The summed E-state index contributed by atoms with van der Waals surface area (Å²) in [5.41, 5.74) is 1.79. The standard InChI is InChI=1S/C13H23NS/c1-5-7-14-12(13(2,3)4)9-11-6-8-15-10-11/h6,8,10,12,14H,5,7,9H2,1-4H3. The molecule has 0 fully saturated rings. The van der Waals surface area contributed by atoms with E-state index in [1.807, 2.05) is 0 Å². The predicted molar refractivity (Wildman–Crippen MR) is 69.6 cm³/mol. The molecular weight excluding hydrogens is 202 g/mol. The molecule has 0 amide bonds. The maximum absolute atomic E-state index is 3.65. The first-order valence-corrected chi connectivity index (χ1v) is 6.72. The van der Waals surface area contributed by atoms with Crippen LogP contribution in [0.4, 0.5) is 0 Å². The van der Waals surface area contributed by atoms with E-state index in [0.29, 0.717) is 11.5 Å². The van der Waals surface area contributed by atoms with Crippen molar-refractivity contribution in [2.45, 2.75) is 46.6 Å². The van der Waals surface area contributed by atoms with Gasteiger partial charge in [-0.05, 0) is 47.2 Å². The van der Waals surface area contributed by atoms with Crippen LogP contribution in [0.2, 0.25) is 0 Å².